The summed E-state index contributed by atoms with van der Waals surface area (Å²) in [7, 11) is 0. The van der Waals surface area contributed by atoms with E-state index >= 15 is 0 Å². The number of hydrogen-bond donors (Lipinski definition) is 1. The van der Waals surface area contributed by atoms with Crippen LogP contribution in [0.25, 0.3) is 10.8 Å². The Kier molecular flexibility index (Phi) is 1.84. The Labute approximate surface area is 77.9 Å². The molecule has 0 aliphatic rings. The van der Waals surface area contributed by atoms with Gasteiger partial charge in [-0.15, -0.1) is 0 Å². The van der Waals surface area contributed by atoms with Crippen LogP contribution in [0, 0.1) is 17.5 Å². The van der Waals surface area contributed by atoms with Gasteiger partial charge in [0.05, 0.1) is 5.39 Å². The van der Waals surface area contributed by atoms with Crippen molar-refractivity contribution in [3.05, 3.63) is 41.7 Å². The molecule has 2 aromatic rings. The third kappa shape index (κ3) is 1.19. The number of fused-ring (bicyclic) bond motifs is 1. The Morgan fingerprint density at radius 2 is 1.64 bits per heavy atom. The van der Waals surface area contributed by atoms with Crippen molar-refractivity contribution >= 4 is 16.5 Å². The van der Waals surface area contributed by atoms with E-state index in [0.29, 0.717) is 6.07 Å². The number of hydrogen-bond acceptors (Lipinski definition) is 1. The fourth-order valence-electron chi connectivity index (χ4n) is 1.38. The van der Waals surface area contributed by atoms with Crippen LogP contribution in [0.2, 0.25) is 0 Å². The zero-order chi connectivity index (χ0) is 10.3. The summed E-state index contributed by atoms with van der Waals surface area (Å²) in [5.41, 5.74) is 5.62. The van der Waals surface area contributed by atoms with Crippen molar-refractivity contribution in [3.63, 3.8) is 0 Å². The molecule has 0 atom stereocenters. The molecule has 0 bridgehead atoms. The predicted octanol–water partition coefficient (Wildman–Crippen LogP) is 2.84. The van der Waals surface area contributed by atoms with Gasteiger partial charge in [-0.25, -0.2) is 13.2 Å². The van der Waals surface area contributed by atoms with E-state index in [0.717, 1.165) is 12.1 Å². The lowest BCUT2D eigenvalue weighted by molar-refractivity contribution is 0.581. The van der Waals surface area contributed by atoms with Crippen LogP contribution in [0.15, 0.2) is 24.3 Å². The van der Waals surface area contributed by atoms with Crippen molar-refractivity contribution in [3.8, 4) is 0 Å². The minimum absolute atomic E-state index is 0.0579. The summed E-state index contributed by atoms with van der Waals surface area (Å²) in [5.74, 6) is -2.45. The molecular formula is C10H6F3N. The zero-order valence-electron chi connectivity index (χ0n) is 7.02. The summed E-state index contributed by atoms with van der Waals surface area (Å²) in [5, 5.41) is -0.214. The van der Waals surface area contributed by atoms with Crippen molar-refractivity contribution in [2.24, 2.45) is 0 Å². The molecule has 4 heteroatoms. The summed E-state index contributed by atoms with van der Waals surface area (Å²) in [6.45, 7) is 0. The van der Waals surface area contributed by atoms with Gasteiger partial charge in [-0.1, -0.05) is 0 Å². The average Bonchev–Trinajstić information content (AvgIpc) is 2.10. The Balaban J connectivity index is 3.00. The Bertz CT molecular complexity index is 508. The van der Waals surface area contributed by atoms with Crippen LogP contribution in [0.4, 0.5) is 18.9 Å². The van der Waals surface area contributed by atoms with E-state index in [2.05, 4.69) is 0 Å². The maximum absolute atomic E-state index is 13.2. The summed E-state index contributed by atoms with van der Waals surface area (Å²) in [6.07, 6.45) is 0. The van der Waals surface area contributed by atoms with Crippen LogP contribution >= 0.6 is 0 Å². The van der Waals surface area contributed by atoms with Gasteiger partial charge in [0, 0.05) is 17.1 Å². The fourth-order valence-corrected chi connectivity index (χ4v) is 1.38. The molecule has 0 aromatic heterocycles. The van der Waals surface area contributed by atoms with Crippen molar-refractivity contribution in [1.29, 1.82) is 0 Å². The molecule has 0 saturated carbocycles. The number of nitrogen functional groups attached to an aromatic ring is 1. The maximum Gasteiger partial charge on any atom is 0.136 e. The first-order chi connectivity index (χ1) is 6.59. The summed E-state index contributed by atoms with van der Waals surface area (Å²) in [4.78, 5) is 0. The molecule has 0 fully saturated rings. The van der Waals surface area contributed by atoms with Gasteiger partial charge >= 0.3 is 0 Å². The minimum Gasteiger partial charge on any atom is -0.398 e. The summed E-state index contributed by atoms with van der Waals surface area (Å²) in [6, 6.07) is 3.97. The molecule has 0 radical (unpaired) electrons. The standard InChI is InChI=1S/C10H6F3N/c11-5-3-6-9(14)2-1-7(12)10(6)8(13)4-5/h1-4H,14H2. The SMILES string of the molecule is Nc1ccc(F)c2c(F)cc(F)cc12. The number of halogens is 3. The van der Waals surface area contributed by atoms with Gasteiger partial charge in [-0.3, -0.25) is 0 Å². The highest BCUT2D eigenvalue weighted by Gasteiger charge is 2.10. The second kappa shape index (κ2) is 2.90. The molecule has 2 N–H and O–H groups in total. The second-order valence-electron chi connectivity index (χ2n) is 2.95. The lowest BCUT2D eigenvalue weighted by Crippen LogP contribution is -1.93. The van der Waals surface area contributed by atoms with Gasteiger partial charge in [0.2, 0.25) is 0 Å². The minimum atomic E-state index is -0.940. The number of nitrogens with two attached hydrogens (primary N) is 1. The molecule has 2 rings (SSSR count). The molecule has 2 aromatic carbocycles. The Morgan fingerprint density at radius 1 is 0.929 bits per heavy atom. The summed E-state index contributed by atoms with van der Waals surface area (Å²) >= 11 is 0. The number of rotatable bonds is 0. The Hall–Kier alpha value is -1.71. The van der Waals surface area contributed by atoms with Crippen molar-refractivity contribution in [1.82, 2.24) is 0 Å². The van der Waals surface area contributed by atoms with Crippen LogP contribution in [0.3, 0.4) is 0 Å². The molecular weight excluding hydrogens is 191 g/mol. The lowest BCUT2D eigenvalue weighted by atomic mass is 10.1. The fraction of sp³-hybridized carbons (Fsp3) is 0. The van der Waals surface area contributed by atoms with E-state index in [9.17, 15) is 13.2 Å². The molecule has 72 valence electrons. The van der Waals surface area contributed by atoms with Crippen LogP contribution in [0.1, 0.15) is 0 Å². The van der Waals surface area contributed by atoms with Crippen molar-refractivity contribution in [2.45, 2.75) is 0 Å². The van der Waals surface area contributed by atoms with Gasteiger partial charge in [0.15, 0.2) is 0 Å². The molecule has 0 aliphatic heterocycles. The molecule has 0 spiro atoms. The predicted molar refractivity (Wildman–Crippen MR) is 48.2 cm³/mol. The van der Waals surface area contributed by atoms with E-state index in [1.165, 1.54) is 6.07 Å². The molecule has 14 heavy (non-hydrogen) atoms. The maximum atomic E-state index is 13.2. The third-order valence-electron chi connectivity index (χ3n) is 2.01. The lowest BCUT2D eigenvalue weighted by Gasteiger charge is -2.04. The topological polar surface area (TPSA) is 26.0 Å². The van der Waals surface area contributed by atoms with Gasteiger partial charge in [0.1, 0.15) is 17.5 Å². The highest BCUT2D eigenvalue weighted by atomic mass is 19.1. The van der Waals surface area contributed by atoms with Crippen LogP contribution < -0.4 is 5.73 Å². The van der Waals surface area contributed by atoms with Gasteiger partial charge < -0.3 is 5.73 Å². The zero-order valence-corrected chi connectivity index (χ0v) is 7.02. The van der Waals surface area contributed by atoms with Crippen LogP contribution in [-0.2, 0) is 0 Å². The first-order valence-corrected chi connectivity index (χ1v) is 3.92. The summed E-state index contributed by atoms with van der Waals surface area (Å²) < 4.78 is 39.1. The average molecular weight is 197 g/mol. The second-order valence-corrected chi connectivity index (χ2v) is 2.95. The quantitative estimate of drug-likeness (QED) is 0.645. The molecule has 0 saturated heterocycles. The number of benzene rings is 2. The van der Waals surface area contributed by atoms with E-state index < -0.39 is 17.5 Å². The monoisotopic (exact) mass is 197 g/mol. The van der Waals surface area contributed by atoms with Gasteiger partial charge in [0.25, 0.3) is 0 Å². The smallest absolute Gasteiger partial charge is 0.136 e. The first-order valence-electron chi connectivity index (χ1n) is 3.92. The van der Waals surface area contributed by atoms with E-state index in [1.807, 2.05) is 0 Å². The molecule has 1 nitrogen and oxygen atoms in total. The molecule has 0 unspecified atom stereocenters. The van der Waals surface area contributed by atoms with E-state index in [-0.39, 0.29) is 16.5 Å². The normalized spacial score (nSPS) is 10.8. The third-order valence-corrected chi connectivity index (χ3v) is 2.01. The molecule has 0 aliphatic carbocycles. The van der Waals surface area contributed by atoms with Crippen LogP contribution in [0.5, 0.6) is 0 Å². The van der Waals surface area contributed by atoms with E-state index in [1.54, 1.807) is 0 Å². The van der Waals surface area contributed by atoms with Gasteiger partial charge in [-0.2, -0.15) is 0 Å². The molecule has 0 heterocycles. The Morgan fingerprint density at radius 3 is 2.36 bits per heavy atom. The first kappa shape index (κ1) is 8.87. The van der Waals surface area contributed by atoms with Crippen molar-refractivity contribution < 1.29 is 13.2 Å². The highest BCUT2D eigenvalue weighted by Crippen LogP contribution is 2.27. The van der Waals surface area contributed by atoms with Crippen LogP contribution in [-0.4, -0.2) is 0 Å². The number of anilines is 1. The van der Waals surface area contributed by atoms with E-state index in [4.69, 9.17) is 5.73 Å². The molecule has 0 amide bonds. The van der Waals surface area contributed by atoms with Crippen molar-refractivity contribution in [2.75, 3.05) is 5.73 Å². The highest BCUT2D eigenvalue weighted by molar-refractivity contribution is 5.93. The van der Waals surface area contributed by atoms with Gasteiger partial charge in [-0.05, 0) is 18.2 Å². The largest absolute Gasteiger partial charge is 0.398 e.